The molecule has 90 valence electrons. The van der Waals surface area contributed by atoms with Gasteiger partial charge in [0.05, 0.1) is 0 Å². The fraction of sp³-hybridized carbons (Fsp3) is 0.583. The first-order valence-electron chi connectivity index (χ1n) is 5.88. The van der Waals surface area contributed by atoms with Crippen molar-refractivity contribution < 1.29 is 4.52 Å². The highest BCUT2D eigenvalue weighted by molar-refractivity contribution is 5.56. The van der Waals surface area contributed by atoms with Gasteiger partial charge in [-0.05, 0) is 24.7 Å². The maximum atomic E-state index is 4.80. The molecule has 5 heteroatoms. The van der Waals surface area contributed by atoms with Gasteiger partial charge in [0.1, 0.15) is 5.69 Å². The lowest BCUT2D eigenvalue weighted by atomic mass is 9.76. The summed E-state index contributed by atoms with van der Waals surface area (Å²) in [5.41, 5.74) is 3.83. The van der Waals surface area contributed by atoms with E-state index in [1.54, 1.807) is 0 Å². The molecule has 0 atom stereocenters. The van der Waals surface area contributed by atoms with Gasteiger partial charge in [-0.1, -0.05) is 19.0 Å². The third-order valence-corrected chi connectivity index (χ3v) is 3.55. The van der Waals surface area contributed by atoms with Crippen molar-refractivity contribution in [1.82, 2.24) is 19.9 Å². The van der Waals surface area contributed by atoms with E-state index >= 15 is 0 Å². The average molecular weight is 232 g/mol. The first-order valence-corrected chi connectivity index (χ1v) is 5.88. The molecular formula is C12H16N4O. The number of nitrogens with zero attached hydrogens (tertiary/aromatic N) is 4. The molecule has 1 aliphatic rings. The Balaban J connectivity index is 2.11. The number of hydrogen-bond acceptors (Lipinski definition) is 4. The minimum atomic E-state index is 0.356. The van der Waals surface area contributed by atoms with E-state index in [-0.39, 0.29) is 0 Å². The van der Waals surface area contributed by atoms with Crippen LogP contribution in [0.4, 0.5) is 0 Å². The number of hydrogen-bond donors (Lipinski definition) is 0. The minimum absolute atomic E-state index is 0.356. The lowest BCUT2D eigenvalue weighted by Crippen LogP contribution is -2.23. The summed E-state index contributed by atoms with van der Waals surface area (Å²) in [5, 5.41) is 8.41. The summed E-state index contributed by atoms with van der Waals surface area (Å²) in [5.74, 6) is 0.599. The molecule has 0 amide bonds. The molecule has 5 nitrogen and oxygen atoms in total. The summed E-state index contributed by atoms with van der Waals surface area (Å²) in [7, 11) is 1.99. The molecule has 2 aromatic rings. The predicted octanol–water partition coefficient (Wildman–Crippen LogP) is 1.98. The zero-order valence-corrected chi connectivity index (χ0v) is 10.4. The molecule has 0 unspecified atom stereocenters. The van der Waals surface area contributed by atoms with Crippen LogP contribution in [-0.4, -0.2) is 19.9 Å². The summed E-state index contributed by atoms with van der Waals surface area (Å²) in [6.45, 7) is 4.61. The Hall–Kier alpha value is -1.65. The van der Waals surface area contributed by atoms with Crippen molar-refractivity contribution in [3.05, 3.63) is 17.7 Å². The largest absolute Gasteiger partial charge is 0.342 e. The Morgan fingerprint density at radius 2 is 2.24 bits per heavy atom. The van der Waals surface area contributed by atoms with Gasteiger partial charge in [0.25, 0.3) is 0 Å². The van der Waals surface area contributed by atoms with Crippen LogP contribution in [0.15, 0.2) is 10.9 Å². The Bertz CT molecular complexity index is 539. The highest BCUT2D eigenvalue weighted by Crippen LogP contribution is 2.37. The van der Waals surface area contributed by atoms with Gasteiger partial charge in [-0.15, -0.1) is 0 Å². The quantitative estimate of drug-likeness (QED) is 0.754. The number of aromatic nitrogens is 4. The van der Waals surface area contributed by atoms with Gasteiger partial charge in [0, 0.05) is 18.3 Å². The summed E-state index contributed by atoms with van der Waals surface area (Å²) in [6, 6.07) is 0. The maximum Gasteiger partial charge on any atom is 0.222 e. The van der Waals surface area contributed by atoms with Gasteiger partial charge in [-0.25, -0.2) is 0 Å². The van der Waals surface area contributed by atoms with Crippen LogP contribution < -0.4 is 0 Å². The van der Waals surface area contributed by atoms with Crippen LogP contribution in [0.5, 0.6) is 0 Å². The van der Waals surface area contributed by atoms with Crippen molar-refractivity contribution in [2.75, 3.05) is 0 Å². The molecule has 0 fully saturated rings. The van der Waals surface area contributed by atoms with E-state index in [0.717, 1.165) is 18.5 Å². The highest BCUT2D eigenvalue weighted by atomic mass is 16.5. The van der Waals surface area contributed by atoms with Crippen LogP contribution in [-0.2, 0) is 19.9 Å². The second-order valence-corrected chi connectivity index (χ2v) is 5.49. The van der Waals surface area contributed by atoms with Crippen molar-refractivity contribution in [2.24, 2.45) is 12.5 Å². The zero-order valence-electron chi connectivity index (χ0n) is 10.4. The first kappa shape index (κ1) is 10.5. The van der Waals surface area contributed by atoms with E-state index in [1.165, 1.54) is 24.1 Å². The van der Waals surface area contributed by atoms with Gasteiger partial charge < -0.3 is 4.52 Å². The van der Waals surface area contributed by atoms with E-state index in [2.05, 4.69) is 29.1 Å². The summed E-state index contributed by atoms with van der Waals surface area (Å²) >= 11 is 0. The molecule has 0 saturated heterocycles. The van der Waals surface area contributed by atoms with Gasteiger partial charge in [-0.2, -0.15) is 10.1 Å². The van der Waals surface area contributed by atoms with Crippen molar-refractivity contribution >= 4 is 0 Å². The second-order valence-electron chi connectivity index (χ2n) is 5.49. The molecule has 0 saturated carbocycles. The Kier molecular flexibility index (Phi) is 2.11. The molecule has 1 aliphatic carbocycles. The standard InChI is InChI=1S/C12H16N4O/c1-12(2)5-4-8-9(6-12)16(3)14-10(8)11-13-7-17-15-11/h7H,4-6H2,1-3H3. The third-order valence-electron chi connectivity index (χ3n) is 3.55. The van der Waals surface area contributed by atoms with Gasteiger partial charge in [0.2, 0.25) is 12.2 Å². The monoisotopic (exact) mass is 232 g/mol. The first-order chi connectivity index (χ1) is 8.07. The average Bonchev–Trinajstić information content (AvgIpc) is 2.86. The topological polar surface area (TPSA) is 56.7 Å². The Morgan fingerprint density at radius 3 is 2.94 bits per heavy atom. The Morgan fingerprint density at radius 1 is 1.41 bits per heavy atom. The Labute approximate surface area is 99.8 Å². The van der Waals surface area contributed by atoms with Gasteiger partial charge >= 0.3 is 0 Å². The lowest BCUT2D eigenvalue weighted by Gasteiger charge is -2.29. The fourth-order valence-electron chi connectivity index (χ4n) is 2.55. The molecule has 0 aliphatic heterocycles. The van der Waals surface area contributed by atoms with E-state index in [4.69, 9.17) is 4.52 Å². The normalized spacial score (nSPS) is 18.1. The lowest BCUT2D eigenvalue weighted by molar-refractivity contribution is 0.307. The molecule has 0 radical (unpaired) electrons. The third kappa shape index (κ3) is 1.66. The molecule has 3 rings (SSSR count). The molecule has 0 spiro atoms. The SMILES string of the molecule is Cn1nc(-c2ncon2)c2c1CC(C)(C)CC2. The van der Waals surface area contributed by atoms with E-state index in [0.29, 0.717) is 11.2 Å². The van der Waals surface area contributed by atoms with Crippen LogP contribution in [0, 0.1) is 5.41 Å². The molecule has 17 heavy (non-hydrogen) atoms. The number of rotatable bonds is 1. The van der Waals surface area contributed by atoms with Crippen LogP contribution in [0.2, 0.25) is 0 Å². The maximum absolute atomic E-state index is 4.80. The van der Waals surface area contributed by atoms with Crippen molar-refractivity contribution in [3.8, 4) is 11.5 Å². The molecule has 0 bridgehead atoms. The van der Waals surface area contributed by atoms with Crippen molar-refractivity contribution in [1.29, 1.82) is 0 Å². The van der Waals surface area contributed by atoms with E-state index in [1.807, 2.05) is 11.7 Å². The van der Waals surface area contributed by atoms with Crippen LogP contribution in [0.3, 0.4) is 0 Å². The summed E-state index contributed by atoms with van der Waals surface area (Å²) in [6.07, 6.45) is 4.63. The summed E-state index contributed by atoms with van der Waals surface area (Å²) in [4.78, 5) is 4.09. The number of fused-ring (bicyclic) bond motifs is 1. The van der Waals surface area contributed by atoms with E-state index < -0.39 is 0 Å². The second kappa shape index (κ2) is 3.42. The fourth-order valence-corrected chi connectivity index (χ4v) is 2.55. The van der Waals surface area contributed by atoms with E-state index in [9.17, 15) is 0 Å². The smallest absolute Gasteiger partial charge is 0.222 e. The molecule has 2 heterocycles. The van der Waals surface area contributed by atoms with Crippen LogP contribution in [0.1, 0.15) is 31.5 Å². The predicted molar refractivity (Wildman–Crippen MR) is 62.3 cm³/mol. The van der Waals surface area contributed by atoms with Gasteiger partial charge in [-0.3, -0.25) is 4.68 Å². The number of aryl methyl sites for hydroxylation is 1. The molecule has 2 aromatic heterocycles. The van der Waals surface area contributed by atoms with Crippen molar-refractivity contribution in [2.45, 2.75) is 33.1 Å². The van der Waals surface area contributed by atoms with Crippen LogP contribution >= 0.6 is 0 Å². The van der Waals surface area contributed by atoms with Crippen LogP contribution in [0.25, 0.3) is 11.5 Å². The molecule has 0 aromatic carbocycles. The highest BCUT2D eigenvalue weighted by Gasteiger charge is 2.31. The summed E-state index contributed by atoms with van der Waals surface area (Å²) < 4.78 is 6.76. The van der Waals surface area contributed by atoms with Crippen molar-refractivity contribution in [3.63, 3.8) is 0 Å². The zero-order chi connectivity index (χ0) is 12.0. The molecular weight excluding hydrogens is 216 g/mol. The van der Waals surface area contributed by atoms with Gasteiger partial charge in [0.15, 0.2) is 0 Å². The molecule has 0 N–H and O–H groups in total. The minimum Gasteiger partial charge on any atom is -0.342 e.